The summed E-state index contributed by atoms with van der Waals surface area (Å²) in [5, 5.41) is 7.58. The number of nitrogens with one attached hydrogen (secondary N) is 1. The van der Waals surface area contributed by atoms with E-state index in [9.17, 15) is 0 Å². The molecule has 2 aromatic carbocycles. The predicted octanol–water partition coefficient (Wildman–Crippen LogP) is 3.07. The molecule has 0 amide bonds. The van der Waals surface area contributed by atoms with Crippen molar-refractivity contribution < 1.29 is 9.26 Å². The van der Waals surface area contributed by atoms with Crippen molar-refractivity contribution in [3.8, 4) is 28.6 Å². The predicted molar refractivity (Wildman–Crippen MR) is 101 cm³/mol. The number of nitrogens with zero attached hydrogens (tertiary/aromatic N) is 2. The van der Waals surface area contributed by atoms with Gasteiger partial charge in [-0.15, -0.1) is 0 Å². The quantitative estimate of drug-likeness (QED) is 0.703. The summed E-state index contributed by atoms with van der Waals surface area (Å²) in [6.45, 7) is 4.52. The molecule has 3 N–H and O–H groups in total. The molecule has 0 atom stereocenters. The molecule has 0 aliphatic carbocycles. The Morgan fingerprint density at radius 2 is 1.88 bits per heavy atom. The Bertz CT molecular complexity index is 920. The first-order chi connectivity index (χ1) is 12.7. The van der Waals surface area contributed by atoms with Crippen LogP contribution in [-0.2, 0) is 12.8 Å². The van der Waals surface area contributed by atoms with Crippen LogP contribution in [0.2, 0.25) is 0 Å². The Kier molecular flexibility index (Phi) is 4.58. The van der Waals surface area contributed by atoms with Crippen LogP contribution in [0.1, 0.15) is 18.1 Å². The molecule has 134 valence electrons. The number of rotatable bonds is 4. The molecule has 0 saturated carbocycles. The number of nitrogens with two attached hydrogens (primary N) is 1. The number of hydrogen-bond donors (Lipinski definition) is 2. The zero-order valence-corrected chi connectivity index (χ0v) is 14.8. The maximum absolute atomic E-state index is 6.03. The molecule has 0 unspecified atom stereocenters. The first-order valence-corrected chi connectivity index (χ1v) is 8.94. The number of benzene rings is 2. The molecular weight excluding hydrogens is 328 g/mol. The Morgan fingerprint density at radius 3 is 2.69 bits per heavy atom. The first kappa shape index (κ1) is 16.6. The third kappa shape index (κ3) is 3.28. The van der Waals surface area contributed by atoms with Crippen LogP contribution in [0.3, 0.4) is 0 Å². The largest absolute Gasteiger partial charge is 0.492 e. The lowest BCUT2D eigenvalue weighted by Crippen LogP contribution is -2.16. The Balaban J connectivity index is 1.62. The van der Waals surface area contributed by atoms with Crippen LogP contribution in [0.15, 0.2) is 40.9 Å². The van der Waals surface area contributed by atoms with E-state index in [1.54, 1.807) is 6.07 Å². The van der Waals surface area contributed by atoms with E-state index in [-0.39, 0.29) is 0 Å². The van der Waals surface area contributed by atoms with Gasteiger partial charge in [0.2, 0.25) is 5.82 Å². The van der Waals surface area contributed by atoms with Crippen molar-refractivity contribution >= 4 is 5.69 Å². The summed E-state index contributed by atoms with van der Waals surface area (Å²) in [6.07, 6.45) is 2.07. The van der Waals surface area contributed by atoms with E-state index in [1.807, 2.05) is 19.1 Å². The minimum absolute atomic E-state index is 0.450. The van der Waals surface area contributed by atoms with E-state index >= 15 is 0 Å². The summed E-state index contributed by atoms with van der Waals surface area (Å²) in [4.78, 5) is 4.55. The Labute approximate surface area is 152 Å². The SMILES string of the molecule is CCOc1ccc(-c2nc(-c3ccc4c(c3)CCNCC4)no2)cc1N. The molecule has 1 aliphatic rings. The van der Waals surface area contributed by atoms with E-state index in [4.69, 9.17) is 15.0 Å². The zero-order chi connectivity index (χ0) is 17.9. The fourth-order valence-electron chi connectivity index (χ4n) is 3.24. The number of aromatic nitrogens is 2. The first-order valence-electron chi connectivity index (χ1n) is 8.94. The maximum Gasteiger partial charge on any atom is 0.258 e. The van der Waals surface area contributed by atoms with Gasteiger partial charge in [0.25, 0.3) is 5.89 Å². The lowest BCUT2D eigenvalue weighted by atomic mass is 10.00. The second-order valence-corrected chi connectivity index (χ2v) is 6.34. The molecule has 1 aliphatic heterocycles. The molecule has 6 nitrogen and oxygen atoms in total. The molecule has 3 aromatic rings. The fraction of sp³-hybridized carbons (Fsp3) is 0.300. The van der Waals surface area contributed by atoms with Gasteiger partial charge in [-0.05, 0) is 68.2 Å². The molecule has 0 bridgehead atoms. The van der Waals surface area contributed by atoms with Crippen molar-refractivity contribution in [2.75, 3.05) is 25.4 Å². The van der Waals surface area contributed by atoms with Crippen molar-refractivity contribution in [3.05, 3.63) is 47.5 Å². The molecule has 0 spiro atoms. The third-order valence-electron chi connectivity index (χ3n) is 4.59. The summed E-state index contributed by atoms with van der Waals surface area (Å²) >= 11 is 0. The maximum atomic E-state index is 6.03. The average Bonchev–Trinajstić information content (AvgIpc) is 3.02. The number of ether oxygens (including phenoxy) is 1. The molecule has 4 rings (SSSR count). The van der Waals surface area contributed by atoms with Crippen LogP contribution < -0.4 is 15.8 Å². The van der Waals surface area contributed by atoms with Gasteiger partial charge in [-0.1, -0.05) is 17.3 Å². The summed E-state index contributed by atoms with van der Waals surface area (Å²) < 4.78 is 10.9. The average molecular weight is 350 g/mol. The van der Waals surface area contributed by atoms with E-state index in [1.165, 1.54) is 11.1 Å². The topological polar surface area (TPSA) is 86.2 Å². The minimum Gasteiger partial charge on any atom is -0.492 e. The van der Waals surface area contributed by atoms with Crippen LogP contribution in [0.25, 0.3) is 22.8 Å². The van der Waals surface area contributed by atoms with Gasteiger partial charge in [0, 0.05) is 11.1 Å². The van der Waals surface area contributed by atoms with Crippen LogP contribution in [0.5, 0.6) is 5.75 Å². The van der Waals surface area contributed by atoms with Crippen molar-refractivity contribution in [3.63, 3.8) is 0 Å². The van der Waals surface area contributed by atoms with E-state index in [2.05, 4.69) is 33.7 Å². The molecule has 0 fully saturated rings. The van der Waals surface area contributed by atoms with Crippen molar-refractivity contribution in [1.82, 2.24) is 15.5 Å². The molecule has 0 saturated heterocycles. The number of hydrogen-bond acceptors (Lipinski definition) is 6. The smallest absolute Gasteiger partial charge is 0.258 e. The van der Waals surface area contributed by atoms with Crippen molar-refractivity contribution in [2.45, 2.75) is 19.8 Å². The summed E-state index contributed by atoms with van der Waals surface area (Å²) in [6, 6.07) is 11.9. The van der Waals surface area contributed by atoms with Gasteiger partial charge in [0.05, 0.1) is 12.3 Å². The van der Waals surface area contributed by atoms with Crippen LogP contribution in [0.4, 0.5) is 5.69 Å². The number of fused-ring (bicyclic) bond motifs is 1. The van der Waals surface area contributed by atoms with E-state index < -0.39 is 0 Å². The summed E-state index contributed by atoms with van der Waals surface area (Å²) in [7, 11) is 0. The van der Waals surface area contributed by atoms with Gasteiger partial charge in [0.15, 0.2) is 0 Å². The monoisotopic (exact) mass is 350 g/mol. The lowest BCUT2D eigenvalue weighted by Gasteiger charge is -2.07. The van der Waals surface area contributed by atoms with Gasteiger partial charge in [-0.3, -0.25) is 0 Å². The highest BCUT2D eigenvalue weighted by molar-refractivity contribution is 5.67. The summed E-state index contributed by atoms with van der Waals surface area (Å²) in [5.74, 6) is 1.70. The standard InChI is InChI=1S/C20H22N4O2/c1-2-25-18-6-5-16(12-17(18)21)20-23-19(24-26-20)15-4-3-13-7-9-22-10-8-14(13)11-15/h3-6,11-12,22H,2,7-10,21H2,1H3. The second kappa shape index (κ2) is 7.17. The highest BCUT2D eigenvalue weighted by Gasteiger charge is 2.14. The van der Waals surface area contributed by atoms with Crippen LogP contribution >= 0.6 is 0 Å². The highest BCUT2D eigenvalue weighted by Crippen LogP contribution is 2.29. The van der Waals surface area contributed by atoms with Gasteiger partial charge < -0.3 is 20.3 Å². The van der Waals surface area contributed by atoms with Gasteiger partial charge in [-0.25, -0.2) is 0 Å². The van der Waals surface area contributed by atoms with E-state index in [0.717, 1.165) is 37.1 Å². The second-order valence-electron chi connectivity index (χ2n) is 6.34. The molecule has 2 heterocycles. The molecular formula is C20H22N4O2. The normalized spacial score (nSPS) is 13.9. The molecule has 1 aromatic heterocycles. The zero-order valence-electron chi connectivity index (χ0n) is 14.8. The molecule has 26 heavy (non-hydrogen) atoms. The lowest BCUT2D eigenvalue weighted by molar-refractivity contribution is 0.342. The van der Waals surface area contributed by atoms with Gasteiger partial charge >= 0.3 is 0 Å². The molecule has 0 radical (unpaired) electrons. The highest BCUT2D eigenvalue weighted by atomic mass is 16.5. The summed E-state index contributed by atoms with van der Waals surface area (Å²) in [5.41, 5.74) is 11.1. The number of nitrogen functional groups attached to an aromatic ring is 1. The van der Waals surface area contributed by atoms with Crippen molar-refractivity contribution in [1.29, 1.82) is 0 Å². The Morgan fingerprint density at radius 1 is 1.08 bits per heavy atom. The van der Waals surface area contributed by atoms with E-state index in [0.29, 0.717) is 29.8 Å². The Hall–Kier alpha value is -2.86. The van der Waals surface area contributed by atoms with Crippen LogP contribution in [0, 0.1) is 0 Å². The van der Waals surface area contributed by atoms with Gasteiger partial charge in [0.1, 0.15) is 5.75 Å². The van der Waals surface area contributed by atoms with Crippen molar-refractivity contribution in [2.24, 2.45) is 0 Å². The molecule has 6 heteroatoms. The van der Waals surface area contributed by atoms with Gasteiger partial charge in [-0.2, -0.15) is 4.98 Å². The minimum atomic E-state index is 0.450. The third-order valence-corrected chi connectivity index (χ3v) is 4.59. The van der Waals surface area contributed by atoms with Crippen LogP contribution in [-0.4, -0.2) is 29.8 Å². The fourth-order valence-corrected chi connectivity index (χ4v) is 3.24. The number of anilines is 1.